The molecule has 228 valence electrons. The number of rotatable bonds is 11. The van der Waals surface area contributed by atoms with Crippen molar-refractivity contribution in [3.63, 3.8) is 0 Å². The summed E-state index contributed by atoms with van der Waals surface area (Å²) in [7, 11) is 8.29. The third-order valence-electron chi connectivity index (χ3n) is 9.12. The van der Waals surface area contributed by atoms with Crippen molar-refractivity contribution in [3.05, 3.63) is 102 Å². The highest BCUT2D eigenvalue weighted by Gasteiger charge is 2.48. The number of unbranched alkanes of at least 4 members (excludes halogenated alkanes) is 1. The van der Waals surface area contributed by atoms with E-state index in [2.05, 4.69) is 79.7 Å². The summed E-state index contributed by atoms with van der Waals surface area (Å²) in [6.07, 6.45) is 8.14. The van der Waals surface area contributed by atoms with Crippen molar-refractivity contribution in [2.24, 2.45) is 5.92 Å². The van der Waals surface area contributed by atoms with E-state index in [9.17, 15) is 9.59 Å². The van der Waals surface area contributed by atoms with E-state index in [0.717, 1.165) is 72.8 Å². The fourth-order valence-corrected chi connectivity index (χ4v) is 7.39. The van der Waals surface area contributed by atoms with Crippen LogP contribution >= 0.6 is 27.7 Å². The average Bonchev–Trinajstić information content (AvgIpc) is 3.76. The van der Waals surface area contributed by atoms with Crippen molar-refractivity contribution < 1.29 is 14.0 Å². The second-order valence-electron chi connectivity index (χ2n) is 12.3. The molecule has 6 nitrogen and oxygen atoms in total. The summed E-state index contributed by atoms with van der Waals surface area (Å²) in [5.74, 6) is 0.674. The van der Waals surface area contributed by atoms with Crippen LogP contribution in [0.15, 0.2) is 89.7 Å². The van der Waals surface area contributed by atoms with Gasteiger partial charge < -0.3 is 15.1 Å². The van der Waals surface area contributed by atoms with Gasteiger partial charge in [0.2, 0.25) is 11.7 Å². The molecule has 9 heteroatoms. The zero-order chi connectivity index (χ0) is 30.7. The second kappa shape index (κ2) is 13.2. The smallest absolute Gasteiger partial charge is 0.289 e. The van der Waals surface area contributed by atoms with E-state index in [4.69, 9.17) is 4.42 Å². The molecule has 0 spiro atoms. The lowest BCUT2D eigenvalue weighted by Gasteiger charge is -2.32. The predicted molar refractivity (Wildman–Crippen MR) is 187 cm³/mol. The highest BCUT2D eigenvalue weighted by atomic mass is 31.1. The SMILES string of the molecule is O=C(NC1CCC(CCCCC2(C(=O)NCC(P)(P)P)c3ccccc3-c3ccccc32)C1)c1ocnc1-c1ccccc1. The van der Waals surface area contributed by atoms with Crippen LogP contribution in [0.2, 0.25) is 0 Å². The first-order valence-corrected chi connectivity index (χ1v) is 17.1. The summed E-state index contributed by atoms with van der Waals surface area (Å²) >= 11 is 0. The van der Waals surface area contributed by atoms with Gasteiger partial charge in [0.05, 0.1) is 0 Å². The summed E-state index contributed by atoms with van der Waals surface area (Å²) in [5, 5.41) is 6.46. The van der Waals surface area contributed by atoms with E-state index in [-0.39, 0.29) is 28.3 Å². The Morgan fingerprint density at radius 2 is 1.55 bits per heavy atom. The van der Waals surface area contributed by atoms with E-state index < -0.39 is 5.41 Å². The Morgan fingerprint density at radius 1 is 0.886 bits per heavy atom. The van der Waals surface area contributed by atoms with E-state index in [1.807, 2.05) is 42.5 Å². The third-order valence-corrected chi connectivity index (χ3v) is 9.73. The van der Waals surface area contributed by atoms with Crippen molar-refractivity contribution >= 4 is 39.5 Å². The van der Waals surface area contributed by atoms with Crippen molar-refractivity contribution in [2.45, 2.75) is 61.0 Å². The van der Waals surface area contributed by atoms with Crippen molar-refractivity contribution in [3.8, 4) is 22.4 Å². The minimum absolute atomic E-state index is 0.0672. The summed E-state index contributed by atoms with van der Waals surface area (Å²) < 4.78 is 5.25. The summed E-state index contributed by atoms with van der Waals surface area (Å²) in [4.78, 5) is 31.5. The molecule has 5 unspecified atom stereocenters. The lowest BCUT2D eigenvalue weighted by molar-refractivity contribution is -0.125. The van der Waals surface area contributed by atoms with Crippen LogP contribution in [0, 0.1) is 5.92 Å². The molecule has 2 aliphatic carbocycles. The van der Waals surface area contributed by atoms with Crippen molar-refractivity contribution in [1.29, 1.82) is 0 Å². The third kappa shape index (κ3) is 6.41. The fraction of sp³-hybridized carbons (Fsp3) is 0.343. The van der Waals surface area contributed by atoms with Gasteiger partial charge in [-0.25, -0.2) is 4.98 Å². The lowest BCUT2D eigenvalue weighted by Crippen LogP contribution is -2.46. The first kappa shape index (κ1) is 31.1. The van der Waals surface area contributed by atoms with E-state index in [1.165, 1.54) is 6.39 Å². The molecule has 0 saturated heterocycles. The number of carbonyl (C=O) groups is 2. The van der Waals surface area contributed by atoms with Crippen LogP contribution in [0.3, 0.4) is 0 Å². The number of oxazole rings is 1. The van der Waals surface area contributed by atoms with E-state index >= 15 is 0 Å². The maximum atomic E-state index is 14.2. The fourth-order valence-electron chi connectivity index (χ4n) is 7.09. The van der Waals surface area contributed by atoms with Gasteiger partial charge in [0.1, 0.15) is 11.1 Å². The second-order valence-corrected chi connectivity index (χ2v) is 17.5. The molecule has 1 saturated carbocycles. The number of nitrogens with one attached hydrogen (secondary N) is 2. The number of hydrogen-bond donors (Lipinski definition) is 2. The van der Waals surface area contributed by atoms with Gasteiger partial charge in [-0.1, -0.05) is 98.1 Å². The Balaban J connectivity index is 1.09. The highest BCUT2D eigenvalue weighted by molar-refractivity contribution is 7.57. The molecule has 1 fully saturated rings. The molecule has 3 aromatic carbocycles. The number of aromatic nitrogens is 1. The number of fused-ring (bicyclic) bond motifs is 3. The van der Waals surface area contributed by atoms with Crippen LogP contribution in [0.5, 0.6) is 0 Å². The van der Waals surface area contributed by atoms with Crippen LogP contribution in [0.1, 0.15) is 66.6 Å². The normalized spacial score (nSPS) is 18.4. The van der Waals surface area contributed by atoms with Crippen molar-refractivity contribution in [2.75, 3.05) is 6.54 Å². The molecule has 0 radical (unpaired) electrons. The Hall–Kier alpha value is -2.90. The Morgan fingerprint density at radius 3 is 2.23 bits per heavy atom. The van der Waals surface area contributed by atoms with Gasteiger partial charge in [-0.05, 0) is 53.9 Å². The maximum absolute atomic E-state index is 14.2. The average molecular weight is 644 g/mol. The monoisotopic (exact) mass is 643 g/mol. The Bertz CT molecular complexity index is 1590. The first-order chi connectivity index (χ1) is 21.3. The summed E-state index contributed by atoms with van der Waals surface area (Å²) in [6, 6.07) is 26.5. The summed E-state index contributed by atoms with van der Waals surface area (Å²) in [6.45, 7) is 0.522. The van der Waals surface area contributed by atoms with E-state index in [1.54, 1.807) is 0 Å². The van der Waals surface area contributed by atoms with Crippen LogP contribution in [0.25, 0.3) is 22.4 Å². The molecule has 4 aromatic rings. The molecule has 2 amide bonds. The first-order valence-electron chi connectivity index (χ1n) is 15.4. The van der Waals surface area contributed by atoms with Gasteiger partial charge in [-0.15, -0.1) is 27.7 Å². The summed E-state index contributed by atoms with van der Waals surface area (Å²) in [5.41, 5.74) is 5.25. The predicted octanol–water partition coefficient (Wildman–Crippen LogP) is 7.16. The standard InChI is InChI=1S/C35H40N3O3P3/c39-32(31-30(37-22-41-31)24-11-2-1-3-12-24)38-25-18-17-23(20-25)10-8-9-19-34(33(40)36-21-35(42,43)44)28-15-6-4-13-26(28)27-14-5-7-16-29(27)34/h1-7,11-16,22-23,25H,8-10,17-21,42-44H2,(H,36,40)(H,38,39). The molecule has 0 aliphatic heterocycles. The highest BCUT2D eigenvalue weighted by Crippen LogP contribution is 2.52. The van der Waals surface area contributed by atoms with Gasteiger partial charge in [-0.2, -0.15) is 0 Å². The Labute approximate surface area is 266 Å². The minimum Gasteiger partial charge on any atom is -0.438 e. The molecule has 5 atom stereocenters. The van der Waals surface area contributed by atoms with Gasteiger partial charge in [0.15, 0.2) is 6.39 Å². The number of hydrogen-bond acceptors (Lipinski definition) is 4. The van der Waals surface area contributed by atoms with Gasteiger partial charge in [0.25, 0.3) is 5.91 Å². The molecule has 1 aromatic heterocycles. The topological polar surface area (TPSA) is 84.2 Å². The van der Waals surface area contributed by atoms with Crippen LogP contribution in [-0.4, -0.2) is 34.0 Å². The van der Waals surface area contributed by atoms with Crippen molar-refractivity contribution in [1.82, 2.24) is 15.6 Å². The quantitative estimate of drug-likeness (QED) is 0.134. The zero-order valence-corrected chi connectivity index (χ0v) is 28.3. The lowest BCUT2D eigenvalue weighted by atomic mass is 9.73. The molecular formula is C35H40N3O3P3. The van der Waals surface area contributed by atoms with Gasteiger partial charge in [0, 0.05) is 22.8 Å². The Kier molecular flexibility index (Phi) is 9.34. The molecular weight excluding hydrogens is 603 g/mol. The maximum Gasteiger partial charge on any atom is 0.289 e. The number of carbonyl (C=O) groups excluding carboxylic acids is 2. The largest absolute Gasteiger partial charge is 0.438 e. The number of amides is 2. The van der Waals surface area contributed by atoms with Gasteiger partial charge >= 0.3 is 0 Å². The molecule has 2 N–H and O–H groups in total. The van der Waals surface area contributed by atoms with Crippen LogP contribution in [0.4, 0.5) is 0 Å². The zero-order valence-electron chi connectivity index (χ0n) is 24.8. The molecule has 1 heterocycles. The van der Waals surface area contributed by atoms with E-state index in [0.29, 0.717) is 18.2 Å². The molecule has 6 rings (SSSR count). The van der Waals surface area contributed by atoms with Gasteiger partial charge in [-0.3, -0.25) is 9.59 Å². The molecule has 0 bridgehead atoms. The number of nitrogens with zero attached hydrogens (tertiary/aromatic N) is 1. The van der Waals surface area contributed by atoms with Crippen LogP contribution < -0.4 is 10.6 Å². The number of benzene rings is 3. The molecule has 2 aliphatic rings. The van der Waals surface area contributed by atoms with Crippen LogP contribution in [-0.2, 0) is 10.2 Å². The minimum atomic E-state index is -0.710. The molecule has 44 heavy (non-hydrogen) atoms.